The van der Waals surface area contributed by atoms with Crippen LogP contribution in [0.15, 0.2) is 61.2 Å². The van der Waals surface area contributed by atoms with E-state index in [9.17, 15) is 4.79 Å². The molecule has 31 heavy (non-hydrogen) atoms. The predicted molar refractivity (Wildman–Crippen MR) is 125 cm³/mol. The fourth-order valence-corrected chi connectivity index (χ4v) is 3.43. The number of carbonyl (C=O) groups is 1. The van der Waals surface area contributed by atoms with E-state index in [2.05, 4.69) is 17.2 Å². The number of benzene rings is 2. The Morgan fingerprint density at radius 1 is 1.26 bits per heavy atom. The summed E-state index contributed by atoms with van der Waals surface area (Å²) in [5.74, 6) is 0.255. The first-order valence-corrected chi connectivity index (χ1v) is 11.0. The van der Waals surface area contributed by atoms with Crippen molar-refractivity contribution in [3.8, 4) is 5.75 Å². The molecule has 6 nitrogen and oxygen atoms in total. The highest BCUT2D eigenvalue weighted by Crippen LogP contribution is 2.28. The van der Waals surface area contributed by atoms with Gasteiger partial charge in [-0.05, 0) is 55.2 Å². The summed E-state index contributed by atoms with van der Waals surface area (Å²) in [5, 5.41) is 4.12. The number of hydrogen-bond acceptors (Lipinski definition) is 4. The molecule has 1 atom stereocenters. The van der Waals surface area contributed by atoms with Gasteiger partial charge in [0, 0.05) is 29.5 Å². The molecule has 3 N–H and O–H groups in total. The fraction of sp³-hybridized carbons (Fsp3) is 0.333. The van der Waals surface area contributed by atoms with E-state index >= 15 is 0 Å². The molecule has 0 aliphatic rings. The summed E-state index contributed by atoms with van der Waals surface area (Å²) >= 11 is 6.01. The first-order valence-electron chi connectivity index (χ1n) is 10.6. The van der Waals surface area contributed by atoms with Gasteiger partial charge in [-0.2, -0.15) is 0 Å². The topological polar surface area (TPSA) is 82.2 Å². The zero-order valence-corrected chi connectivity index (χ0v) is 18.5. The number of primary amides is 1. The van der Waals surface area contributed by atoms with Gasteiger partial charge in [0.05, 0.1) is 18.6 Å². The lowest BCUT2D eigenvalue weighted by molar-refractivity contribution is 0.1000. The molecule has 0 spiro atoms. The van der Waals surface area contributed by atoms with E-state index in [1.54, 1.807) is 24.7 Å². The maximum absolute atomic E-state index is 11.6. The Morgan fingerprint density at radius 3 is 2.74 bits per heavy atom. The third kappa shape index (κ3) is 7.03. The van der Waals surface area contributed by atoms with Gasteiger partial charge >= 0.3 is 0 Å². The number of amides is 1. The number of anilines is 1. The zero-order chi connectivity index (χ0) is 22.1. The summed E-state index contributed by atoms with van der Waals surface area (Å²) in [7, 11) is 0. The molecule has 1 aromatic heterocycles. The number of halogens is 1. The van der Waals surface area contributed by atoms with E-state index in [1.165, 1.54) is 5.56 Å². The maximum atomic E-state index is 11.6. The van der Waals surface area contributed by atoms with Crippen molar-refractivity contribution in [2.24, 2.45) is 5.73 Å². The summed E-state index contributed by atoms with van der Waals surface area (Å²) in [6.07, 6.45) is 9.15. The highest BCUT2D eigenvalue weighted by Gasteiger charge is 2.16. The first kappa shape index (κ1) is 22.7. The molecule has 0 aliphatic heterocycles. The summed E-state index contributed by atoms with van der Waals surface area (Å²) in [5.41, 5.74) is 7.92. The lowest BCUT2D eigenvalue weighted by Gasteiger charge is -2.22. The highest BCUT2D eigenvalue weighted by atomic mass is 35.5. The second kappa shape index (κ2) is 11.4. The summed E-state index contributed by atoms with van der Waals surface area (Å²) in [6.45, 7) is 3.60. The Morgan fingerprint density at radius 2 is 2.06 bits per heavy atom. The van der Waals surface area contributed by atoms with Crippen LogP contribution >= 0.6 is 11.6 Å². The van der Waals surface area contributed by atoms with E-state index < -0.39 is 5.91 Å². The van der Waals surface area contributed by atoms with Gasteiger partial charge in [0.25, 0.3) is 0 Å². The van der Waals surface area contributed by atoms with Crippen molar-refractivity contribution in [2.45, 2.75) is 45.3 Å². The number of aryl methyl sites for hydroxylation is 1. The van der Waals surface area contributed by atoms with Gasteiger partial charge < -0.3 is 20.4 Å². The number of hydrogen-bond donors (Lipinski definition) is 2. The Balaban J connectivity index is 1.77. The van der Waals surface area contributed by atoms with Gasteiger partial charge in [0.2, 0.25) is 5.91 Å². The van der Waals surface area contributed by atoms with Crippen molar-refractivity contribution < 1.29 is 9.53 Å². The third-order valence-corrected chi connectivity index (χ3v) is 5.30. The van der Waals surface area contributed by atoms with Gasteiger partial charge in [0.15, 0.2) is 0 Å². The number of imidazole rings is 1. The van der Waals surface area contributed by atoms with Crippen LogP contribution < -0.4 is 15.8 Å². The van der Waals surface area contributed by atoms with Crippen LogP contribution in [0.1, 0.15) is 42.1 Å². The maximum Gasteiger partial charge on any atom is 0.248 e. The molecule has 3 aromatic rings. The van der Waals surface area contributed by atoms with Crippen LogP contribution in [-0.4, -0.2) is 28.1 Å². The van der Waals surface area contributed by atoms with E-state index in [-0.39, 0.29) is 6.10 Å². The molecule has 3 rings (SSSR count). The Labute approximate surface area is 188 Å². The summed E-state index contributed by atoms with van der Waals surface area (Å²) in [4.78, 5) is 15.8. The van der Waals surface area contributed by atoms with Crippen molar-refractivity contribution in [1.82, 2.24) is 9.55 Å². The monoisotopic (exact) mass is 440 g/mol. The smallest absolute Gasteiger partial charge is 0.248 e. The van der Waals surface area contributed by atoms with Crippen LogP contribution in [-0.2, 0) is 13.0 Å². The number of nitrogens with zero attached hydrogens (tertiary/aromatic N) is 2. The lowest BCUT2D eigenvalue weighted by atomic mass is 10.1. The van der Waals surface area contributed by atoms with Crippen molar-refractivity contribution >= 4 is 23.2 Å². The van der Waals surface area contributed by atoms with Crippen molar-refractivity contribution in [3.63, 3.8) is 0 Å². The minimum Gasteiger partial charge on any atom is -0.486 e. The van der Waals surface area contributed by atoms with Crippen LogP contribution in [0.25, 0.3) is 0 Å². The quantitative estimate of drug-likeness (QED) is 0.391. The first-order chi connectivity index (χ1) is 15.0. The number of nitrogens with two attached hydrogens (primary N) is 1. The number of aromatic nitrogens is 2. The highest BCUT2D eigenvalue weighted by molar-refractivity contribution is 6.30. The molecule has 164 valence electrons. The minimum absolute atomic E-state index is 0.0870. The van der Waals surface area contributed by atoms with Crippen LogP contribution in [0, 0.1) is 0 Å². The number of carbonyl (C=O) groups excluding carboxylic acids is 1. The molecular formula is C24H29ClN4O2. The molecule has 1 heterocycles. The van der Waals surface area contributed by atoms with Gasteiger partial charge in [-0.3, -0.25) is 4.79 Å². The molecule has 1 unspecified atom stereocenters. The predicted octanol–water partition coefficient (Wildman–Crippen LogP) is 4.93. The Kier molecular flexibility index (Phi) is 8.35. The van der Waals surface area contributed by atoms with E-state index in [0.717, 1.165) is 42.9 Å². The number of unbranched alkanes of at least 4 members (excludes halogenated alkanes) is 1. The molecule has 0 saturated heterocycles. The SMILES string of the molecule is CCCCNc1cc(C(N)=O)ccc1OC(CCc1ccc(Cl)cc1)Cn1ccnc1. The van der Waals surface area contributed by atoms with Gasteiger partial charge in [0.1, 0.15) is 11.9 Å². The Hall–Kier alpha value is -2.99. The molecule has 0 saturated carbocycles. The number of rotatable bonds is 12. The molecule has 2 aromatic carbocycles. The summed E-state index contributed by atoms with van der Waals surface area (Å²) in [6, 6.07) is 13.2. The molecule has 0 aliphatic carbocycles. The van der Waals surface area contributed by atoms with Crippen LogP contribution in [0.2, 0.25) is 5.02 Å². The van der Waals surface area contributed by atoms with E-state index in [4.69, 9.17) is 22.1 Å². The van der Waals surface area contributed by atoms with Gasteiger partial charge in [-0.1, -0.05) is 37.1 Å². The molecule has 1 amide bonds. The number of nitrogens with one attached hydrogen (secondary N) is 1. The molecule has 7 heteroatoms. The van der Waals surface area contributed by atoms with Gasteiger partial charge in [-0.25, -0.2) is 4.98 Å². The average Bonchev–Trinajstić information content (AvgIpc) is 3.27. The third-order valence-electron chi connectivity index (χ3n) is 5.05. The average molecular weight is 441 g/mol. The van der Waals surface area contributed by atoms with E-state index in [0.29, 0.717) is 17.9 Å². The van der Waals surface area contributed by atoms with Crippen LogP contribution in [0.5, 0.6) is 5.75 Å². The Bertz CT molecular complexity index is 958. The summed E-state index contributed by atoms with van der Waals surface area (Å²) < 4.78 is 8.45. The molecular weight excluding hydrogens is 412 g/mol. The minimum atomic E-state index is -0.456. The van der Waals surface area contributed by atoms with Crippen LogP contribution in [0.4, 0.5) is 5.69 Å². The van der Waals surface area contributed by atoms with Gasteiger partial charge in [-0.15, -0.1) is 0 Å². The normalized spacial score (nSPS) is 11.8. The van der Waals surface area contributed by atoms with Crippen molar-refractivity contribution in [3.05, 3.63) is 77.3 Å². The molecule has 0 bridgehead atoms. The fourth-order valence-electron chi connectivity index (χ4n) is 3.30. The number of ether oxygens (including phenoxy) is 1. The van der Waals surface area contributed by atoms with Crippen molar-refractivity contribution in [1.29, 1.82) is 0 Å². The standard InChI is InChI=1S/C24H29ClN4O2/c1-2-3-12-28-22-15-19(24(26)30)7-11-23(22)31-21(16-29-14-13-27-17-29)10-6-18-4-8-20(25)9-5-18/h4-5,7-9,11,13-15,17,21,28H,2-3,6,10,12,16H2,1H3,(H2,26,30). The second-order valence-electron chi connectivity index (χ2n) is 7.52. The lowest BCUT2D eigenvalue weighted by Crippen LogP contribution is -2.24. The van der Waals surface area contributed by atoms with E-state index in [1.807, 2.05) is 41.1 Å². The second-order valence-corrected chi connectivity index (χ2v) is 7.96. The largest absolute Gasteiger partial charge is 0.486 e. The van der Waals surface area contributed by atoms with Crippen molar-refractivity contribution in [2.75, 3.05) is 11.9 Å². The zero-order valence-electron chi connectivity index (χ0n) is 17.8. The molecule has 0 fully saturated rings. The molecule has 0 radical (unpaired) electrons. The van der Waals surface area contributed by atoms with Crippen LogP contribution in [0.3, 0.4) is 0 Å².